The molecule has 0 aromatic rings. The van der Waals surface area contributed by atoms with Gasteiger partial charge in [0.25, 0.3) is 0 Å². The Bertz CT molecular complexity index is 158. The average molecular weight is 151 g/mol. The lowest BCUT2D eigenvalue weighted by molar-refractivity contribution is 0.562. The van der Waals surface area contributed by atoms with E-state index in [4.69, 9.17) is 0 Å². The van der Waals surface area contributed by atoms with Gasteiger partial charge in [0.1, 0.15) is 0 Å². The first-order valence-corrected chi connectivity index (χ1v) is 4.45. The summed E-state index contributed by atoms with van der Waals surface area (Å²) in [6.45, 7) is 7.08. The molecular weight excluding hydrogens is 134 g/mol. The summed E-state index contributed by atoms with van der Waals surface area (Å²) < 4.78 is 0. The van der Waals surface area contributed by atoms with E-state index < -0.39 is 0 Å². The maximum atomic E-state index is 3.73. The molecule has 11 heavy (non-hydrogen) atoms. The van der Waals surface area contributed by atoms with Crippen LogP contribution >= 0.6 is 0 Å². The Morgan fingerprint density at radius 3 is 3.18 bits per heavy atom. The fraction of sp³-hybridized carbons (Fsp3) is 0.600. The third-order valence-corrected chi connectivity index (χ3v) is 2.13. The van der Waals surface area contributed by atoms with E-state index in [1.54, 1.807) is 0 Å². The summed E-state index contributed by atoms with van der Waals surface area (Å²) in [5.74, 6) is 0.753. The van der Waals surface area contributed by atoms with Gasteiger partial charge in [0.15, 0.2) is 0 Å². The summed E-state index contributed by atoms with van der Waals surface area (Å²) in [5.41, 5.74) is 1.21. The average Bonchev–Trinajstić information content (AvgIpc) is 2.48. The molecular formula is C10H17N. The van der Waals surface area contributed by atoms with Gasteiger partial charge in [-0.05, 0) is 18.4 Å². The Morgan fingerprint density at radius 2 is 2.64 bits per heavy atom. The molecule has 1 heteroatoms. The van der Waals surface area contributed by atoms with Crippen LogP contribution in [0.25, 0.3) is 0 Å². The molecule has 1 atom stereocenters. The maximum absolute atomic E-state index is 3.73. The second kappa shape index (κ2) is 4.22. The number of hydrogen-bond acceptors (Lipinski definition) is 1. The molecule has 0 aliphatic carbocycles. The zero-order valence-corrected chi connectivity index (χ0v) is 7.27. The second-order valence-corrected chi connectivity index (χ2v) is 3.11. The standard InChI is InChI=1S/C10H17N/c1-3-5-6-9-7-10(4-2)11-8-9/h4,7,9,11H,2-3,5-6,8H2,1H3. The fourth-order valence-corrected chi connectivity index (χ4v) is 1.41. The molecule has 0 spiro atoms. The van der Waals surface area contributed by atoms with Crippen LogP contribution in [-0.2, 0) is 0 Å². The highest BCUT2D eigenvalue weighted by molar-refractivity contribution is 5.19. The highest BCUT2D eigenvalue weighted by Crippen LogP contribution is 2.16. The van der Waals surface area contributed by atoms with E-state index in [1.807, 2.05) is 6.08 Å². The number of nitrogens with one attached hydrogen (secondary N) is 1. The predicted octanol–water partition coefficient (Wildman–Crippen LogP) is 2.47. The smallest absolute Gasteiger partial charge is 0.0297 e. The number of unbranched alkanes of at least 4 members (excludes halogenated alkanes) is 1. The third kappa shape index (κ3) is 2.41. The molecule has 1 heterocycles. The Kier molecular flexibility index (Phi) is 3.21. The quantitative estimate of drug-likeness (QED) is 0.651. The van der Waals surface area contributed by atoms with E-state index in [1.165, 1.54) is 25.0 Å². The van der Waals surface area contributed by atoms with Gasteiger partial charge in [-0.2, -0.15) is 0 Å². The Morgan fingerprint density at radius 1 is 1.82 bits per heavy atom. The lowest BCUT2D eigenvalue weighted by atomic mass is 10.0. The van der Waals surface area contributed by atoms with Crippen molar-refractivity contribution in [3.63, 3.8) is 0 Å². The van der Waals surface area contributed by atoms with Crippen molar-refractivity contribution in [3.8, 4) is 0 Å². The van der Waals surface area contributed by atoms with Crippen LogP contribution < -0.4 is 5.32 Å². The fourth-order valence-electron chi connectivity index (χ4n) is 1.41. The largest absolute Gasteiger partial charge is 0.385 e. The summed E-state index contributed by atoms with van der Waals surface area (Å²) in [5, 5.41) is 3.31. The summed E-state index contributed by atoms with van der Waals surface area (Å²) in [6, 6.07) is 0. The molecule has 1 aliphatic heterocycles. The Labute approximate surface area is 69.2 Å². The number of allylic oxidation sites excluding steroid dienone is 1. The molecule has 1 nitrogen and oxygen atoms in total. The SMILES string of the molecule is C=CC1=CC(CCCC)CN1. The second-order valence-electron chi connectivity index (χ2n) is 3.11. The molecule has 0 bridgehead atoms. The first-order valence-electron chi connectivity index (χ1n) is 4.45. The lowest BCUT2D eigenvalue weighted by Crippen LogP contribution is -2.10. The van der Waals surface area contributed by atoms with Gasteiger partial charge in [-0.3, -0.25) is 0 Å². The molecule has 1 N–H and O–H groups in total. The van der Waals surface area contributed by atoms with Crippen LogP contribution in [0.1, 0.15) is 26.2 Å². The van der Waals surface area contributed by atoms with E-state index in [0.717, 1.165) is 12.5 Å². The van der Waals surface area contributed by atoms with Gasteiger partial charge in [-0.25, -0.2) is 0 Å². The normalized spacial score (nSPS) is 22.6. The van der Waals surface area contributed by atoms with Crippen molar-refractivity contribution in [1.29, 1.82) is 0 Å². The van der Waals surface area contributed by atoms with Gasteiger partial charge in [0, 0.05) is 12.2 Å². The van der Waals surface area contributed by atoms with Crippen molar-refractivity contribution < 1.29 is 0 Å². The van der Waals surface area contributed by atoms with Crippen LogP contribution in [0.15, 0.2) is 24.4 Å². The molecule has 0 fully saturated rings. The van der Waals surface area contributed by atoms with Crippen LogP contribution in [0.2, 0.25) is 0 Å². The van der Waals surface area contributed by atoms with Gasteiger partial charge in [0.2, 0.25) is 0 Å². The van der Waals surface area contributed by atoms with Crippen LogP contribution in [0.3, 0.4) is 0 Å². The monoisotopic (exact) mass is 151 g/mol. The molecule has 1 rings (SSSR count). The number of hydrogen-bond donors (Lipinski definition) is 1. The topological polar surface area (TPSA) is 12.0 Å². The molecule has 0 saturated carbocycles. The summed E-state index contributed by atoms with van der Waals surface area (Å²) >= 11 is 0. The van der Waals surface area contributed by atoms with Crippen molar-refractivity contribution in [1.82, 2.24) is 5.32 Å². The van der Waals surface area contributed by atoms with Crippen molar-refractivity contribution >= 4 is 0 Å². The zero-order valence-electron chi connectivity index (χ0n) is 7.27. The van der Waals surface area contributed by atoms with Gasteiger partial charge in [0.05, 0.1) is 0 Å². The van der Waals surface area contributed by atoms with Crippen LogP contribution in [0.5, 0.6) is 0 Å². The van der Waals surface area contributed by atoms with E-state index in [2.05, 4.69) is 24.9 Å². The van der Waals surface area contributed by atoms with E-state index in [-0.39, 0.29) is 0 Å². The predicted molar refractivity (Wildman–Crippen MR) is 49.3 cm³/mol. The first kappa shape index (κ1) is 8.38. The van der Waals surface area contributed by atoms with Crippen LogP contribution in [0.4, 0.5) is 0 Å². The highest BCUT2D eigenvalue weighted by Gasteiger charge is 2.11. The van der Waals surface area contributed by atoms with E-state index in [0.29, 0.717) is 0 Å². The minimum absolute atomic E-state index is 0.753. The summed E-state index contributed by atoms with van der Waals surface area (Å²) in [6.07, 6.45) is 8.15. The van der Waals surface area contributed by atoms with Crippen LogP contribution in [-0.4, -0.2) is 6.54 Å². The van der Waals surface area contributed by atoms with Gasteiger partial charge >= 0.3 is 0 Å². The highest BCUT2D eigenvalue weighted by atomic mass is 14.9. The summed E-state index contributed by atoms with van der Waals surface area (Å²) in [4.78, 5) is 0. The molecule has 0 aromatic heterocycles. The molecule has 0 amide bonds. The van der Waals surface area contributed by atoms with Gasteiger partial charge in [-0.1, -0.05) is 32.4 Å². The Hall–Kier alpha value is -0.720. The maximum Gasteiger partial charge on any atom is 0.0297 e. The minimum atomic E-state index is 0.753. The molecule has 0 saturated heterocycles. The van der Waals surface area contributed by atoms with Crippen molar-refractivity contribution in [2.75, 3.05) is 6.54 Å². The minimum Gasteiger partial charge on any atom is -0.385 e. The van der Waals surface area contributed by atoms with E-state index >= 15 is 0 Å². The lowest BCUT2D eigenvalue weighted by Gasteiger charge is -2.03. The van der Waals surface area contributed by atoms with Gasteiger partial charge < -0.3 is 5.32 Å². The molecule has 1 aliphatic rings. The first-order chi connectivity index (χ1) is 5.36. The van der Waals surface area contributed by atoms with E-state index in [9.17, 15) is 0 Å². The molecule has 1 unspecified atom stereocenters. The molecule has 0 aromatic carbocycles. The van der Waals surface area contributed by atoms with Crippen LogP contribution in [0, 0.1) is 5.92 Å². The zero-order chi connectivity index (χ0) is 8.10. The number of rotatable bonds is 4. The third-order valence-electron chi connectivity index (χ3n) is 2.13. The summed E-state index contributed by atoms with van der Waals surface area (Å²) in [7, 11) is 0. The van der Waals surface area contributed by atoms with Gasteiger partial charge in [-0.15, -0.1) is 0 Å². The Balaban J connectivity index is 2.28. The van der Waals surface area contributed by atoms with Crippen molar-refractivity contribution in [2.45, 2.75) is 26.2 Å². The molecule has 0 radical (unpaired) electrons. The molecule has 62 valence electrons. The van der Waals surface area contributed by atoms with Crippen molar-refractivity contribution in [2.24, 2.45) is 5.92 Å². The van der Waals surface area contributed by atoms with Crippen molar-refractivity contribution in [3.05, 3.63) is 24.4 Å².